The van der Waals surface area contributed by atoms with E-state index in [0.29, 0.717) is 11.1 Å². The molecule has 2 atom stereocenters. The molecular weight excluding hydrogens is 585 g/mol. The lowest BCUT2D eigenvalue weighted by molar-refractivity contribution is -0.151. The largest absolute Gasteiger partial charge is 0.493 e. The number of benzene rings is 2. The molecule has 218 valence electrons. The minimum absolute atomic E-state index is 0.113. The highest BCUT2D eigenvalue weighted by atomic mass is 35.5. The molecular formula is C28H26Cl2F2N2O7. The van der Waals surface area contributed by atoms with Crippen LogP contribution in [0.25, 0.3) is 0 Å². The molecule has 3 rings (SSSR count). The third-order valence-corrected chi connectivity index (χ3v) is 6.46. The van der Waals surface area contributed by atoms with Gasteiger partial charge in [0.1, 0.15) is 23.8 Å². The zero-order valence-electron chi connectivity index (χ0n) is 22.4. The monoisotopic (exact) mass is 610 g/mol. The molecule has 0 saturated carbocycles. The van der Waals surface area contributed by atoms with Gasteiger partial charge in [-0.25, -0.2) is 18.6 Å². The Morgan fingerprint density at radius 3 is 2.07 bits per heavy atom. The van der Waals surface area contributed by atoms with E-state index < -0.39 is 54.3 Å². The van der Waals surface area contributed by atoms with Crippen LogP contribution in [0.2, 0.25) is 10.0 Å². The Labute approximate surface area is 244 Å². The molecule has 0 aliphatic heterocycles. The number of rotatable bonds is 11. The number of ether oxygens (including phenoxy) is 4. The molecule has 41 heavy (non-hydrogen) atoms. The number of hydrogen-bond donors (Lipinski definition) is 1. The molecule has 3 aromatic rings. The Morgan fingerprint density at radius 1 is 0.976 bits per heavy atom. The van der Waals surface area contributed by atoms with Crippen molar-refractivity contribution in [2.24, 2.45) is 0 Å². The third kappa shape index (κ3) is 8.05. The number of methoxy groups -OCH3 is 1. The number of carbonyl (C=O) groups is 3. The first-order valence-corrected chi connectivity index (χ1v) is 12.9. The topological polar surface area (TPSA) is 113 Å². The Hall–Kier alpha value is -3.96. The van der Waals surface area contributed by atoms with Gasteiger partial charge in [-0.2, -0.15) is 0 Å². The smallest absolute Gasteiger partial charge is 0.328 e. The van der Waals surface area contributed by atoms with E-state index >= 15 is 0 Å². The van der Waals surface area contributed by atoms with Crippen molar-refractivity contribution >= 4 is 41.0 Å². The number of amides is 1. The lowest BCUT2D eigenvalue weighted by Crippen LogP contribution is -2.41. The van der Waals surface area contributed by atoms with Gasteiger partial charge in [0.25, 0.3) is 5.91 Å². The number of halogens is 4. The van der Waals surface area contributed by atoms with Crippen LogP contribution in [0.5, 0.6) is 11.5 Å². The summed E-state index contributed by atoms with van der Waals surface area (Å²) < 4.78 is 49.6. The van der Waals surface area contributed by atoms with Gasteiger partial charge in [0.2, 0.25) is 6.79 Å². The summed E-state index contributed by atoms with van der Waals surface area (Å²) in [6.45, 7) is 3.60. The average Bonchev–Trinajstić information content (AvgIpc) is 2.92. The second-order valence-electron chi connectivity index (χ2n) is 8.75. The molecule has 1 N–H and O–H groups in total. The molecule has 0 spiro atoms. The highest BCUT2D eigenvalue weighted by Gasteiger charge is 2.30. The van der Waals surface area contributed by atoms with E-state index in [1.165, 1.54) is 69.6 Å². The maximum atomic E-state index is 14.3. The van der Waals surface area contributed by atoms with Crippen molar-refractivity contribution in [2.45, 2.75) is 38.8 Å². The SMILES string of the molecule is COc1ccnc(C(=O)N[C@@H](C)C(=O)O[C@@H](C)C(c2ccc(Cl)c(F)c2)c2ccc(Cl)c(F)c2)c1OCOC(C)=O. The fourth-order valence-electron chi connectivity index (χ4n) is 3.89. The Balaban J connectivity index is 1.80. The predicted molar refractivity (Wildman–Crippen MR) is 145 cm³/mol. The van der Waals surface area contributed by atoms with E-state index in [1.807, 2.05) is 0 Å². The van der Waals surface area contributed by atoms with Crippen molar-refractivity contribution in [1.82, 2.24) is 10.3 Å². The highest BCUT2D eigenvalue weighted by molar-refractivity contribution is 6.31. The minimum atomic E-state index is -1.19. The molecule has 0 aliphatic rings. The normalized spacial score (nSPS) is 12.3. The van der Waals surface area contributed by atoms with Gasteiger partial charge >= 0.3 is 11.9 Å². The van der Waals surface area contributed by atoms with Crippen molar-refractivity contribution in [3.05, 3.63) is 87.2 Å². The molecule has 0 saturated heterocycles. The van der Waals surface area contributed by atoms with E-state index in [2.05, 4.69) is 10.3 Å². The van der Waals surface area contributed by atoms with Crippen molar-refractivity contribution in [3.8, 4) is 11.5 Å². The van der Waals surface area contributed by atoms with Crippen molar-refractivity contribution < 1.29 is 42.1 Å². The fraction of sp³-hybridized carbons (Fsp3) is 0.286. The van der Waals surface area contributed by atoms with Crippen LogP contribution in [0.1, 0.15) is 48.3 Å². The van der Waals surface area contributed by atoms with Crippen LogP contribution in [-0.2, 0) is 19.1 Å². The van der Waals surface area contributed by atoms with Gasteiger partial charge in [-0.15, -0.1) is 0 Å². The lowest BCUT2D eigenvalue weighted by Gasteiger charge is -2.27. The summed E-state index contributed by atoms with van der Waals surface area (Å²) in [6.07, 6.45) is 0.332. The summed E-state index contributed by atoms with van der Waals surface area (Å²) in [4.78, 5) is 41.1. The van der Waals surface area contributed by atoms with Crippen molar-refractivity contribution in [3.63, 3.8) is 0 Å². The number of nitrogens with one attached hydrogen (secondary N) is 1. The van der Waals surface area contributed by atoms with Crippen LogP contribution in [-0.4, -0.2) is 48.9 Å². The summed E-state index contributed by atoms with van der Waals surface area (Å²) in [5, 5.41) is 2.24. The molecule has 0 bridgehead atoms. The van der Waals surface area contributed by atoms with Gasteiger partial charge in [0.05, 0.1) is 17.2 Å². The predicted octanol–water partition coefficient (Wildman–Crippen LogP) is 5.46. The second kappa shape index (κ2) is 14.1. The fourth-order valence-corrected chi connectivity index (χ4v) is 4.12. The summed E-state index contributed by atoms with van der Waals surface area (Å²) in [5.41, 5.74) is 0.483. The number of esters is 2. The van der Waals surface area contributed by atoms with Crippen molar-refractivity contribution in [1.29, 1.82) is 0 Å². The molecule has 1 heterocycles. The number of pyridine rings is 1. The first kappa shape index (κ1) is 31.6. The van der Waals surface area contributed by atoms with E-state index in [-0.39, 0.29) is 27.2 Å². The highest BCUT2D eigenvalue weighted by Crippen LogP contribution is 2.34. The van der Waals surface area contributed by atoms with E-state index in [0.717, 1.165) is 0 Å². The summed E-state index contributed by atoms with van der Waals surface area (Å²) >= 11 is 11.7. The number of aromatic nitrogens is 1. The summed E-state index contributed by atoms with van der Waals surface area (Å²) in [7, 11) is 1.34. The first-order valence-electron chi connectivity index (χ1n) is 12.1. The zero-order chi connectivity index (χ0) is 30.3. The van der Waals surface area contributed by atoms with Crippen molar-refractivity contribution in [2.75, 3.05) is 13.9 Å². The van der Waals surface area contributed by atoms with Crippen LogP contribution in [0.15, 0.2) is 48.7 Å². The zero-order valence-corrected chi connectivity index (χ0v) is 23.9. The van der Waals surface area contributed by atoms with Crippen LogP contribution in [0.4, 0.5) is 8.78 Å². The summed E-state index contributed by atoms with van der Waals surface area (Å²) in [6, 6.07) is 8.31. The van der Waals surface area contributed by atoms with Crippen LogP contribution in [0, 0.1) is 11.6 Å². The number of carbonyl (C=O) groups excluding carboxylic acids is 3. The quantitative estimate of drug-likeness (QED) is 0.225. The van der Waals surface area contributed by atoms with E-state index in [9.17, 15) is 23.2 Å². The van der Waals surface area contributed by atoms with Gasteiger partial charge < -0.3 is 24.3 Å². The van der Waals surface area contributed by atoms with E-state index in [4.69, 9.17) is 42.1 Å². The minimum Gasteiger partial charge on any atom is -0.493 e. The molecule has 2 aromatic carbocycles. The first-order chi connectivity index (χ1) is 19.4. The molecule has 13 heteroatoms. The van der Waals surface area contributed by atoms with Gasteiger partial charge in [-0.05, 0) is 49.2 Å². The van der Waals surface area contributed by atoms with Crippen LogP contribution < -0.4 is 14.8 Å². The molecule has 0 fully saturated rings. The maximum absolute atomic E-state index is 14.3. The Bertz CT molecular complexity index is 1390. The van der Waals surface area contributed by atoms with Gasteiger partial charge in [0.15, 0.2) is 17.2 Å². The lowest BCUT2D eigenvalue weighted by atomic mass is 9.87. The third-order valence-electron chi connectivity index (χ3n) is 5.85. The number of hydrogen-bond acceptors (Lipinski definition) is 8. The Morgan fingerprint density at radius 2 is 1.56 bits per heavy atom. The number of nitrogens with zero attached hydrogens (tertiary/aromatic N) is 1. The van der Waals surface area contributed by atoms with Gasteiger partial charge in [0, 0.05) is 25.1 Å². The molecule has 0 aliphatic carbocycles. The molecule has 0 unspecified atom stereocenters. The van der Waals surface area contributed by atoms with Crippen LogP contribution >= 0.6 is 23.2 Å². The average molecular weight is 611 g/mol. The second-order valence-corrected chi connectivity index (χ2v) is 9.57. The molecule has 0 radical (unpaired) electrons. The molecule has 9 nitrogen and oxygen atoms in total. The van der Waals surface area contributed by atoms with E-state index in [1.54, 1.807) is 6.92 Å². The summed E-state index contributed by atoms with van der Waals surface area (Å²) in [5.74, 6) is -4.47. The van der Waals surface area contributed by atoms with Gasteiger partial charge in [-0.3, -0.25) is 9.59 Å². The van der Waals surface area contributed by atoms with Gasteiger partial charge in [-0.1, -0.05) is 35.3 Å². The maximum Gasteiger partial charge on any atom is 0.328 e. The Kier molecular flexibility index (Phi) is 10.8. The standard InChI is InChI=1S/C28H26Cl2F2N2O7/c1-14(34-27(36)25-26(40-13-39-16(3)35)23(38-4)9-10-33-25)28(37)41-15(2)24(17-5-7-19(29)21(31)11-17)18-6-8-20(30)22(32)12-18/h5-12,14-15,24H,13H2,1-4H3,(H,34,36)/t14-,15-/m0/s1. The molecule has 1 amide bonds. The molecule has 1 aromatic heterocycles. The van der Waals surface area contributed by atoms with Crippen LogP contribution in [0.3, 0.4) is 0 Å².